The van der Waals surface area contributed by atoms with E-state index in [2.05, 4.69) is 25.7 Å². The first kappa shape index (κ1) is 20.8. The Balaban J connectivity index is 1.42. The van der Waals surface area contributed by atoms with Crippen molar-refractivity contribution in [2.75, 3.05) is 5.32 Å². The summed E-state index contributed by atoms with van der Waals surface area (Å²) < 4.78 is 1.09. The lowest BCUT2D eigenvalue weighted by Crippen LogP contribution is -2.43. The second kappa shape index (κ2) is 9.12. The minimum absolute atomic E-state index is 0.0882. The van der Waals surface area contributed by atoms with Crippen molar-refractivity contribution < 1.29 is 4.79 Å². The maximum absolute atomic E-state index is 12.7. The summed E-state index contributed by atoms with van der Waals surface area (Å²) in [7, 11) is 0. The van der Waals surface area contributed by atoms with E-state index in [9.17, 15) is 9.59 Å². The van der Waals surface area contributed by atoms with Crippen molar-refractivity contribution in [3.63, 3.8) is 0 Å². The van der Waals surface area contributed by atoms with E-state index in [0.29, 0.717) is 29.3 Å². The fraction of sp³-hybridized carbons (Fsp3) is 0.571. The van der Waals surface area contributed by atoms with Crippen LogP contribution in [-0.4, -0.2) is 31.7 Å². The molecule has 2 fully saturated rings. The Bertz CT molecular complexity index is 928. The van der Waals surface area contributed by atoms with Crippen molar-refractivity contribution in [2.24, 2.45) is 11.8 Å². The summed E-state index contributed by atoms with van der Waals surface area (Å²) >= 11 is 6.37. The predicted octanol–water partition coefficient (Wildman–Crippen LogP) is 2.94. The average molecular weight is 431 g/mol. The van der Waals surface area contributed by atoms with Gasteiger partial charge in [0, 0.05) is 12.2 Å². The molecule has 2 aliphatic rings. The van der Waals surface area contributed by atoms with Gasteiger partial charge >= 0.3 is 0 Å². The zero-order chi connectivity index (χ0) is 21.1. The van der Waals surface area contributed by atoms with Crippen LogP contribution in [-0.2, 0) is 11.3 Å². The number of fused-ring (bicyclic) bond motifs is 2. The Morgan fingerprint density at radius 1 is 1.27 bits per heavy atom. The van der Waals surface area contributed by atoms with Crippen LogP contribution in [0, 0.1) is 11.8 Å². The summed E-state index contributed by atoms with van der Waals surface area (Å²) in [5, 5.41) is 10.6. The highest BCUT2D eigenvalue weighted by atomic mass is 35.5. The van der Waals surface area contributed by atoms with Crippen LogP contribution in [0.3, 0.4) is 0 Å². The molecule has 0 spiro atoms. The summed E-state index contributed by atoms with van der Waals surface area (Å²) in [4.78, 5) is 33.1. The highest BCUT2D eigenvalue weighted by Crippen LogP contribution is 2.41. The lowest BCUT2D eigenvalue weighted by molar-refractivity contribution is -0.122. The Labute approximate surface area is 180 Å². The van der Waals surface area contributed by atoms with Gasteiger partial charge in [-0.15, -0.1) is 0 Å². The van der Waals surface area contributed by atoms with Crippen LogP contribution in [0.5, 0.6) is 0 Å². The summed E-state index contributed by atoms with van der Waals surface area (Å²) in [6.45, 7) is 1.61. The summed E-state index contributed by atoms with van der Waals surface area (Å²) in [5.41, 5.74) is 0.790. The van der Waals surface area contributed by atoms with E-state index in [-0.39, 0.29) is 23.5 Å². The monoisotopic (exact) mass is 430 g/mol. The number of nitrogens with zero attached hydrogens (tertiary/aromatic N) is 4. The predicted molar refractivity (Wildman–Crippen MR) is 114 cm³/mol. The molecule has 1 amide bonds. The number of anilines is 1. The summed E-state index contributed by atoms with van der Waals surface area (Å²) in [5.74, 6) is 0.921. The number of hydrogen-bond acceptors (Lipinski definition) is 6. The van der Waals surface area contributed by atoms with E-state index < -0.39 is 5.56 Å². The third kappa shape index (κ3) is 4.48. The van der Waals surface area contributed by atoms with E-state index in [1.807, 2.05) is 6.92 Å². The van der Waals surface area contributed by atoms with Gasteiger partial charge in [0.1, 0.15) is 17.9 Å². The average Bonchev–Trinajstić information content (AvgIpc) is 2.74. The zero-order valence-electron chi connectivity index (χ0n) is 17.1. The van der Waals surface area contributed by atoms with Gasteiger partial charge in [0.25, 0.3) is 5.56 Å². The first-order chi connectivity index (χ1) is 14.5. The second-order valence-corrected chi connectivity index (χ2v) is 8.69. The van der Waals surface area contributed by atoms with E-state index in [1.54, 1.807) is 18.5 Å². The lowest BCUT2D eigenvalue weighted by Gasteiger charge is -2.43. The van der Waals surface area contributed by atoms with E-state index in [4.69, 9.17) is 11.6 Å². The maximum atomic E-state index is 12.7. The van der Waals surface area contributed by atoms with E-state index >= 15 is 0 Å². The molecule has 1 unspecified atom stereocenters. The number of carbonyl (C=O) groups is 1. The number of aromatic nitrogens is 4. The maximum Gasteiger partial charge on any atom is 0.288 e. The number of amides is 1. The molecule has 2 aliphatic carbocycles. The molecule has 4 rings (SSSR count). The van der Waals surface area contributed by atoms with Crippen LogP contribution >= 0.6 is 11.6 Å². The van der Waals surface area contributed by atoms with Gasteiger partial charge in [-0.2, -0.15) is 5.10 Å². The van der Waals surface area contributed by atoms with Crippen molar-refractivity contribution in [1.29, 1.82) is 0 Å². The molecule has 0 aliphatic heterocycles. The minimum atomic E-state index is -0.465. The van der Waals surface area contributed by atoms with Gasteiger partial charge in [0.2, 0.25) is 5.91 Å². The first-order valence-electron chi connectivity index (χ1n) is 10.6. The third-order valence-electron chi connectivity index (χ3n) is 6.34. The number of carbonyl (C=O) groups excluding carboxylic acids is 1. The molecule has 0 saturated heterocycles. The molecule has 0 radical (unpaired) electrons. The number of rotatable bonds is 6. The highest BCUT2D eigenvalue weighted by molar-refractivity contribution is 6.32. The van der Waals surface area contributed by atoms with Gasteiger partial charge in [-0.05, 0) is 50.5 Å². The smallest absolute Gasteiger partial charge is 0.288 e. The normalized spacial score (nSPS) is 24.1. The molecule has 2 heterocycles. The van der Waals surface area contributed by atoms with Crippen molar-refractivity contribution in [3.8, 4) is 0 Å². The lowest BCUT2D eigenvalue weighted by atomic mass is 9.68. The van der Waals surface area contributed by atoms with E-state index in [0.717, 1.165) is 4.68 Å². The molecular formula is C21H27ClN6O2. The number of halogens is 1. The molecule has 2 bridgehead atoms. The van der Waals surface area contributed by atoms with Crippen LogP contribution in [0.4, 0.5) is 5.69 Å². The van der Waals surface area contributed by atoms with Crippen LogP contribution in [0.1, 0.15) is 57.2 Å². The van der Waals surface area contributed by atoms with Crippen molar-refractivity contribution >= 4 is 23.2 Å². The van der Waals surface area contributed by atoms with Crippen LogP contribution < -0.4 is 16.2 Å². The van der Waals surface area contributed by atoms with Crippen molar-refractivity contribution in [3.05, 3.63) is 45.9 Å². The van der Waals surface area contributed by atoms with Gasteiger partial charge in [-0.1, -0.05) is 24.4 Å². The van der Waals surface area contributed by atoms with Gasteiger partial charge in [0.05, 0.1) is 23.6 Å². The summed E-state index contributed by atoms with van der Waals surface area (Å²) in [6, 6.07) is 1.77. The molecule has 2 aromatic heterocycles. The summed E-state index contributed by atoms with van der Waals surface area (Å²) in [6.07, 6.45) is 12.1. The SMILES string of the molecule is CC(NC(=O)Cn1ncc(NC2C3CCCC2CCC3)c(Cl)c1=O)c1ccncn1. The topological polar surface area (TPSA) is 102 Å². The number of nitrogens with one attached hydrogen (secondary N) is 2. The van der Waals surface area contributed by atoms with Gasteiger partial charge < -0.3 is 10.6 Å². The molecule has 2 N–H and O–H groups in total. The standard InChI is InChI=1S/C21H27ClN6O2/c1-13(16-8-9-23-12-24-16)26-18(29)11-28-21(30)19(22)17(10-25-28)27-20-14-4-2-5-15(20)7-3-6-14/h8-10,12-15,20,27H,2-7,11H2,1H3,(H,26,29). The minimum Gasteiger partial charge on any atom is -0.379 e. The Kier molecular flexibility index (Phi) is 6.32. The van der Waals surface area contributed by atoms with E-state index in [1.165, 1.54) is 44.9 Å². The molecule has 2 saturated carbocycles. The van der Waals surface area contributed by atoms with Crippen LogP contribution in [0.15, 0.2) is 29.6 Å². The van der Waals surface area contributed by atoms with Gasteiger partial charge in [-0.25, -0.2) is 14.6 Å². The fourth-order valence-electron chi connectivity index (χ4n) is 4.82. The largest absolute Gasteiger partial charge is 0.379 e. The van der Waals surface area contributed by atoms with Crippen LogP contribution in [0.25, 0.3) is 0 Å². The molecule has 8 nitrogen and oxygen atoms in total. The van der Waals surface area contributed by atoms with Crippen LogP contribution in [0.2, 0.25) is 5.02 Å². The molecule has 0 aromatic carbocycles. The highest BCUT2D eigenvalue weighted by Gasteiger charge is 2.36. The molecule has 2 aromatic rings. The van der Waals surface area contributed by atoms with Crippen molar-refractivity contribution in [1.82, 2.24) is 25.1 Å². The molecule has 30 heavy (non-hydrogen) atoms. The molecule has 9 heteroatoms. The Morgan fingerprint density at radius 3 is 2.60 bits per heavy atom. The first-order valence-corrected chi connectivity index (χ1v) is 11.0. The fourth-order valence-corrected chi connectivity index (χ4v) is 5.02. The number of hydrogen-bond donors (Lipinski definition) is 2. The second-order valence-electron chi connectivity index (χ2n) is 8.31. The van der Waals surface area contributed by atoms with Crippen molar-refractivity contribution in [2.45, 2.75) is 64.1 Å². The molecular weight excluding hydrogens is 404 g/mol. The zero-order valence-corrected chi connectivity index (χ0v) is 17.8. The Hall–Kier alpha value is -2.48. The third-order valence-corrected chi connectivity index (χ3v) is 6.71. The van der Waals surface area contributed by atoms with Gasteiger partial charge in [-0.3, -0.25) is 9.59 Å². The quantitative estimate of drug-likeness (QED) is 0.730. The molecule has 160 valence electrons. The van der Waals surface area contributed by atoms with Gasteiger partial charge in [0.15, 0.2) is 0 Å². The Morgan fingerprint density at radius 2 is 1.97 bits per heavy atom. The molecule has 1 atom stereocenters.